The minimum absolute atomic E-state index is 0.0331. The summed E-state index contributed by atoms with van der Waals surface area (Å²) in [6.45, 7) is 2.82. The lowest BCUT2D eigenvalue weighted by molar-refractivity contribution is -0.129. The number of hydrogen-bond acceptors (Lipinski definition) is 3. The summed E-state index contributed by atoms with van der Waals surface area (Å²) in [6.07, 6.45) is 0. The molecule has 126 valence electrons. The van der Waals surface area contributed by atoms with Gasteiger partial charge in [-0.15, -0.1) is 0 Å². The molecule has 0 aromatic heterocycles. The van der Waals surface area contributed by atoms with Crippen molar-refractivity contribution in [2.75, 3.05) is 26.7 Å². The van der Waals surface area contributed by atoms with Gasteiger partial charge in [-0.3, -0.25) is 9.59 Å². The van der Waals surface area contributed by atoms with Gasteiger partial charge in [-0.25, -0.2) is 0 Å². The molecule has 1 N–H and O–H groups in total. The Hall–Kier alpha value is -2.82. The second-order valence-electron chi connectivity index (χ2n) is 5.53. The highest BCUT2D eigenvalue weighted by Gasteiger charge is 2.11. The Morgan fingerprint density at radius 3 is 2.54 bits per heavy atom. The summed E-state index contributed by atoms with van der Waals surface area (Å²) in [7, 11) is 1.69. The summed E-state index contributed by atoms with van der Waals surface area (Å²) in [6, 6.07) is 16.6. The van der Waals surface area contributed by atoms with E-state index in [0.717, 1.165) is 11.3 Å². The summed E-state index contributed by atoms with van der Waals surface area (Å²) in [5.74, 6) is 0.369. The van der Waals surface area contributed by atoms with Crippen molar-refractivity contribution >= 4 is 11.8 Å². The molecule has 0 bridgehead atoms. The number of nitrogens with one attached hydrogen (secondary N) is 1. The number of nitrogens with zero attached hydrogens (tertiary/aromatic N) is 1. The van der Waals surface area contributed by atoms with Crippen molar-refractivity contribution in [3.05, 3.63) is 65.7 Å². The molecule has 0 aliphatic carbocycles. The summed E-state index contributed by atoms with van der Waals surface area (Å²) in [4.78, 5) is 25.5. The third-order valence-corrected chi connectivity index (χ3v) is 3.55. The van der Waals surface area contributed by atoms with E-state index in [0.29, 0.717) is 18.7 Å². The number of benzene rings is 2. The molecule has 0 radical (unpaired) electrons. The highest BCUT2D eigenvalue weighted by molar-refractivity contribution is 5.96. The first-order valence-corrected chi connectivity index (χ1v) is 7.83. The smallest absolute Gasteiger partial charge is 0.251 e. The van der Waals surface area contributed by atoms with Crippen molar-refractivity contribution < 1.29 is 14.3 Å². The molecule has 5 heteroatoms. The van der Waals surface area contributed by atoms with Gasteiger partial charge in [0.25, 0.3) is 5.91 Å². The summed E-state index contributed by atoms with van der Waals surface area (Å²) in [5.41, 5.74) is 1.66. The van der Waals surface area contributed by atoms with Crippen LogP contribution in [0.1, 0.15) is 15.9 Å². The Morgan fingerprint density at radius 2 is 1.83 bits per heavy atom. The maximum Gasteiger partial charge on any atom is 0.251 e. The van der Waals surface area contributed by atoms with Crippen LogP contribution in [0.3, 0.4) is 0 Å². The third kappa shape index (κ3) is 5.43. The molecule has 5 nitrogen and oxygen atoms in total. The van der Waals surface area contributed by atoms with E-state index >= 15 is 0 Å². The van der Waals surface area contributed by atoms with Gasteiger partial charge in [0.05, 0.1) is 13.1 Å². The van der Waals surface area contributed by atoms with Crippen LogP contribution in [0, 0.1) is 6.92 Å². The third-order valence-electron chi connectivity index (χ3n) is 3.55. The van der Waals surface area contributed by atoms with Crippen LogP contribution in [0.5, 0.6) is 5.75 Å². The lowest BCUT2D eigenvalue weighted by atomic mass is 10.2. The zero-order valence-electron chi connectivity index (χ0n) is 14.0. The van der Waals surface area contributed by atoms with Gasteiger partial charge in [-0.05, 0) is 36.8 Å². The van der Waals surface area contributed by atoms with E-state index in [1.807, 2.05) is 37.3 Å². The van der Waals surface area contributed by atoms with Gasteiger partial charge in [-0.2, -0.15) is 0 Å². The predicted molar refractivity (Wildman–Crippen MR) is 93.1 cm³/mol. The van der Waals surface area contributed by atoms with Crippen molar-refractivity contribution in [2.45, 2.75) is 6.92 Å². The average Bonchev–Trinajstić information content (AvgIpc) is 2.60. The zero-order chi connectivity index (χ0) is 17.4. The van der Waals surface area contributed by atoms with E-state index in [1.165, 1.54) is 0 Å². The molecule has 0 saturated carbocycles. The van der Waals surface area contributed by atoms with Gasteiger partial charge in [0.1, 0.15) is 12.4 Å². The number of ether oxygens (including phenoxy) is 1. The summed E-state index contributed by atoms with van der Waals surface area (Å²) in [5, 5.41) is 2.62. The lowest BCUT2D eigenvalue weighted by Crippen LogP contribution is -2.39. The first kappa shape index (κ1) is 17.5. The number of likely N-dealkylation sites (N-methyl/N-ethyl adjacent to an activating group) is 1. The maximum absolute atomic E-state index is 12.0. The van der Waals surface area contributed by atoms with Crippen LogP contribution < -0.4 is 10.1 Å². The van der Waals surface area contributed by atoms with E-state index < -0.39 is 0 Å². The number of amides is 2. The van der Waals surface area contributed by atoms with Gasteiger partial charge < -0.3 is 15.0 Å². The molecule has 0 aliphatic rings. The largest absolute Gasteiger partial charge is 0.492 e. The molecule has 0 aliphatic heterocycles. The topological polar surface area (TPSA) is 58.6 Å². The van der Waals surface area contributed by atoms with E-state index in [4.69, 9.17) is 4.74 Å². The first-order valence-electron chi connectivity index (χ1n) is 7.83. The molecule has 0 fully saturated rings. The SMILES string of the molecule is Cc1cccc(OCCN(C)C(=O)CNC(=O)c2ccccc2)c1. The van der Waals surface area contributed by atoms with Crippen molar-refractivity contribution in [1.82, 2.24) is 10.2 Å². The molecular weight excluding hydrogens is 304 g/mol. The molecule has 0 heterocycles. The molecule has 0 spiro atoms. The van der Waals surface area contributed by atoms with Gasteiger partial charge in [0.15, 0.2) is 0 Å². The standard InChI is InChI=1S/C19H22N2O3/c1-15-7-6-10-17(13-15)24-12-11-21(2)18(22)14-20-19(23)16-8-4-3-5-9-16/h3-10,13H,11-12,14H2,1-2H3,(H,20,23). The normalized spacial score (nSPS) is 10.1. The number of rotatable bonds is 7. The quantitative estimate of drug-likeness (QED) is 0.849. The predicted octanol–water partition coefficient (Wildman–Crippen LogP) is 2.26. The molecular formula is C19H22N2O3. The fraction of sp³-hybridized carbons (Fsp3) is 0.263. The Labute approximate surface area is 142 Å². The Bertz CT molecular complexity index is 686. The number of carbonyl (C=O) groups excluding carboxylic acids is 2. The molecule has 2 rings (SSSR count). The van der Waals surface area contributed by atoms with Crippen molar-refractivity contribution in [1.29, 1.82) is 0 Å². The van der Waals surface area contributed by atoms with E-state index in [-0.39, 0.29) is 18.4 Å². The molecule has 0 atom stereocenters. The van der Waals surface area contributed by atoms with Crippen molar-refractivity contribution in [2.24, 2.45) is 0 Å². The van der Waals surface area contributed by atoms with Crippen LogP contribution in [-0.4, -0.2) is 43.5 Å². The molecule has 0 saturated heterocycles. The molecule has 24 heavy (non-hydrogen) atoms. The first-order chi connectivity index (χ1) is 11.6. The van der Waals surface area contributed by atoms with Gasteiger partial charge in [-0.1, -0.05) is 30.3 Å². The van der Waals surface area contributed by atoms with Crippen LogP contribution in [-0.2, 0) is 4.79 Å². The van der Waals surface area contributed by atoms with Gasteiger partial charge in [0, 0.05) is 12.6 Å². The lowest BCUT2D eigenvalue weighted by Gasteiger charge is -2.18. The Balaban J connectivity index is 1.71. The maximum atomic E-state index is 12.0. The van der Waals surface area contributed by atoms with Crippen LogP contribution >= 0.6 is 0 Å². The van der Waals surface area contributed by atoms with Crippen LogP contribution in [0.25, 0.3) is 0 Å². The van der Waals surface area contributed by atoms with Crippen LogP contribution in [0.4, 0.5) is 0 Å². The Morgan fingerprint density at radius 1 is 1.08 bits per heavy atom. The fourth-order valence-corrected chi connectivity index (χ4v) is 2.11. The number of carbonyl (C=O) groups is 2. The molecule has 2 aromatic rings. The minimum atomic E-state index is -0.256. The minimum Gasteiger partial charge on any atom is -0.492 e. The van der Waals surface area contributed by atoms with Crippen molar-refractivity contribution in [3.8, 4) is 5.75 Å². The molecule has 2 amide bonds. The number of hydrogen-bond donors (Lipinski definition) is 1. The van der Waals surface area contributed by atoms with E-state index in [1.54, 1.807) is 36.2 Å². The monoisotopic (exact) mass is 326 g/mol. The second-order valence-corrected chi connectivity index (χ2v) is 5.53. The number of aryl methyl sites for hydroxylation is 1. The highest BCUT2D eigenvalue weighted by Crippen LogP contribution is 2.11. The van der Waals surface area contributed by atoms with Crippen LogP contribution in [0.15, 0.2) is 54.6 Å². The van der Waals surface area contributed by atoms with Gasteiger partial charge in [0.2, 0.25) is 5.91 Å². The van der Waals surface area contributed by atoms with E-state index in [2.05, 4.69) is 5.32 Å². The summed E-state index contributed by atoms with van der Waals surface area (Å²) < 4.78 is 5.62. The van der Waals surface area contributed by atoms with Crippen LogP contribution in [0.2, 0.25) is 0 Å². The highest BCUT2D eigenvalue weighted by atomic mass is 16.5. The average molecular weight is 326 g/mol. The van der Waals surface area contributed by atoms with E-state index in [9.17, 15) is 9.59 Å². The fourth-order valence-electron chi connectivity index (χ4n) is 2.11. The molecule has 2 aromatic carbocycles. The second kappa shape index (κ2) is 8.72. The van der Waals surface area contributed by atoms with Gasteiger partial charge >= 0.3 is 0 Å². The summed E-state index contributed by atoms with van der Waals surface area (Å²) >= 11 is 0. The zero-order valence-corrected chi connectivity index (χ0v) is 14.0. The molecule has 0 unspecified atom stereocenters. The Kier molecular flexibility index (Phi) is 6.37. The van der Waals surface area contributed by atoms with Crippen molar-refractivity contribution in [3.63, 3.8) is 0 Å².